The van der Waals surface area contributed by atoms with Crippen molar-refractivity contribution in [3.63, 3.8) is 0 Å². The van der Waals surface area contributed by atoms with Crippen molar-refractivity contribution >= 4 is 0 Å². The summed E-state index contributed by atoms with van der Waals surface area (Å²) in [6.07, 6.45) is 4.77. The van der Waals surface area contributed by atoms with Crippen LogP contribution in [0.2, 0.25) is 0 Å². The van der Waals surface area contributed by atoms with Gasteiger partial charge in [0.2, 0.25) is 0 Å². The molecule has 0 atom stereocenters. The SMILES string of the molecule is C=CCc1cccc2c1OCc1nc(C)cn1-2. The first kappa shape index (κ1) is 10.1. The Morgan fingerprint density at radius 2 is 2.41 bits per heavy atom. The van der Waals surface area contributed by atoms with Crippen LogP contribution >= 0.6 is 0 Å². The van der Waals surface area contributed by atoms with Crippen LogP contribution in [0.1, 0.15) is 17.1 Å². The highest BCUT2D eigenvalue weighted by Gasteiger charge is 2.20. The van der Waals surface area contributed by atoms with Gasteiger partial charge in [0.25, 0.3) is 0 Å². The smallest absolute Gasteiger partial charge is 0.151 e. The molecule has 2 aromatic rings. The molecule has 0 N–H and O–H groups in total. The monoisotopic (exact) mass is 226 g/mol. The number of imidazole rings is 1. The van der Waals surface area contributed by atoms with Crippen LogP contribution in [-0.2, 0) is 13.0 Å². The first-order valence-corrected chi connectivity index (χ1v) is 5.70. The average Bonchev–Trinajstić information content (AvgIpc) is 2.70. The van der Waals surface area contributed by atoms with Gasteiger partial charge in [-0.25, -0.2) is 4.98 Å². The maximum atomic E-state index is 5.82. The van der Waals surface area contributed by atoms with E-state index in [9.17, 15) is 0 Å². The highest BCUT2D eigenvalue weighted by Crippen LogP contribution is 2.33. The van der Waals surface area contributed by atoms with Crippen molar-refractivity contribution in [1.29, 1.82) is 0 Å². The highest BCUT2D eigenvalue weighted by atomic mass is 16.5. The molecule has 1 aromatic carbocycles. The number of aryl methyl sites for hydroxylation is 1. The second-order valence-electron chi connectivity index (χ2n) is 4.22. The minimum Gasteiger partial charge on any atom is -0.483 e. The second-order valence-corrected chi connectivity index (χ2v) is 4.22. The Balaban J connectivity index is 2.19. The van der Waals surface area contributed by atoms with Crippen molar-refractivity contribution in [2.24, 2.45) is 0 Å². The average molecular weight is 226 g/mol. The van der Waals surface area contributed by atoms with E-state index in [0.717, 1.165) is 29.4 Å². The molecule has 2 heterocycles. The summed E-state index contributed by atoms with van der Waals surface area (Å²) >= 11 is 0. The van der Waals surface area contributed by atoms with Crippen molar-refractivity contribution < 1.29 is 4.74 Å². The van der Waals surface area contributed by atoms with Gasteiger partial charge in [-0.15, -0.1) is 6.58 Å². The van der Waals surface area contributed by atoms with E-state index in [1.54, 1.807) is 0 Å². The molecule has 0 unspecified atom stereocenters. The van der Waals surface area contributed by atoms with E-state index in [1.165, 1.54) is 5.56 Å². The molecule has 0 saturated heterocycles. The Hall–Kier alpha value is -2.03. The fourth-order valence-electron chi connectivity index (χ4n) is 2.24. The van der Waals surface area contributed by atoms with Crippen LogP contribution in [-0.4, -0.2) is 9.55 Å². The molecule has 3 rings (SSSR count). The molecule has 0 saturated carbocycles. The van der Waals surface area contributed by atoms with Crippen molar-refractivity contribution in [3.8, 4) is 11.4 Å². The minimum absolute atomic E-state index is 0.537. The van der Waals surface area contributed by atoms with Crippen molar-refractivity contribution in [1.82, 2.24) is 9.55 Å². The number of allylic oxidation sites excluding steroid dienone is 1. The number of hydrogen-bond donors (Lipinski definition) is 0. The Morgan fingerprint density at radius 3 is 3.24 bits per heavy atom. The van der Waals surface area contributed by atoms with E-state index in [-0.39, 0.29) is 0 Å². The van der Waals surface area contributed by atoms with Gasteiger partial charge >= 0.3 is 0 Å². The van der Waals surface area contributed by atoms with E-state index in [1.807, 2.05) is 25.3 Å². The molecule has 0 bridgehead atoms. The number of fused-ring (bicyclic) bond motifs is 3. The number of para-hydroxylation sites is 1. The number of ether oxygens (including phenoxy) is 1. The molecule has 17 heavy (non-hydrogen) atoms. The molecule has 0 radical (unpaired) electrons. The number of hydrogen-bond acceptors (Lipinski definition) is 2. The predicted octanol–water partition coefficient (Wildman–Crippen LogP) is 2.80. The van der Waals surface area contributed by atoms with Crippen LogP contribution < -0.4 is 4.74 Å². The van der Waals surface area contributed by atoms with E-state index < -0.39 is 0 Å². The Bertz CT molecular complexity index is 584. The molecule has 1 aromatic heterocycles. The molecule has 3 nitrogen and oxygen atoms in total. The maximum Gasteiger partial charge on any atom is 0.151 e. The molecule has 0 amide bonds. The molecule has 1 aliphatic rings. The van der Waals surface area contributed by atoms with Crippen LogP contribution in [0.25, 0.3) is 5.69 Å². The third-order valence-electron chi connectivity index (χ3n) is 2.94. The summed E-state index contributed by atoms with van der Waals surface area (Å²) in [6.45, 7) is 6.31. The molecule has 1 aliphatic heterocycles. The zero-order chi connectivity index (χ0) is 11.8. The van der Waals surface area contributed by atoms with E-state index in [4.69, 9.17) is 4.74 Å². The standard InChI is InChI=1S/C14H14N2O/c1-3-5-11-6-4-7-12-14(11)17-9-13-15-10(2)8-16(12)13/h3-4,6-8H,1,5,9H2,2H3. The summed E-state index contributed by atoms with van der Waals surface area (Å²) in [5.74, 6) is 1.92. The zero-order valence-electron chi connectivity index (χ0n) is 9.81. The summed E-state index contributed by atoms with van der Waals surface area (Å²) in [7, 11) is 0. The van der Waals surface area contributed by atoms with Crippen LogP contribution in [0.5, 0.6) is 5.75 Å². The predicted molar refractivity (Wildman–Crippen MR) is 66.5 cm³/mol. The third-order valence-corrected chi connectivity index (χ3v) is 2.94. The van der Waals surface area contributed by atoms with Crippen LogP contribution in [0.3, 0.4) is 0 Å². The molecule has 86 valence electrons. The van der Waals surface area contributed by atoms with Gasteiger partial charge in [-0.2, -0.15) is 0 Å². The van der Waals surface area contributed by atoms with Gasteiger partial charge in [-0.3, -0.25) is 4.57 Å². The van der Waals surface area contributed by atoms with Crippen molar-refractivity contribution in [2.45, 2.75) is 20.0 Å². The topological polar surface area (TPSA) is 27.1 Å². The lowest BCUT2D eigenvalue weighted by Gasteiger charge is -2.21. The minimum atomic E-state index is 0.537. The number of benzene rings is 1. The summed E-state index contributed by atoms with van der Waals surface area (Å²) in [4.78, 5) is 4.44. The van der Waals surface area contributed by atoms with Gasteiger partial charge in [-0.1, -0.05) is 18.2 Å². The summed E-state index contributed by atoms with van der Waals surface area (Å²) in [6, 6.07) is 6.19. The molecular weight excluding hydrogens is 212 g/mol. The van der Waals surface area contributed by atoms with Crippen molar-refractivity contribution in [2.75, 3.05) is 0 Å². The van der Waals surface area contributed by atoms with Gasteiger partial charge in [0.05, 0.1) is 11.4 Å². The fraction of sp³-hybridized carbons (Fsp3) is 0.214. The van der Waals surface area contributed by atoms with Crippen molar-refractivity contribution in [3.05, 3.63) is 54.1 Å². The lowest BCUT2D eigenvalue weighted by atomic mass is 10.1. The Labute approximate surface area is 100 Å². The van der Waals surface area contributed by atoms with E-state index in [0.29, 0.717) is 6.61 Å². The van der Waals surface area contributed by atoms with Gasteiger partial charge in [-0.05, 0) is 19.4 Å². The largest absolute Gasteiger partial charge is 0.483 e. The van der Waals surface area contributed by atoms with Crippen LogP contribution in [0, 0.1) is 6.92 Å². The van der Waals surface area contributed by atoms with Gasteiger partial charge in [0.1, 0.15) is 12.4 Å². The van der Waals surface area contributed by atoms with Gasteiger partial charge < -0.3 is 4.74 Å². The highest BCUT2D eigenvalue weighted by molar-refractivity contribution is 5.54. The summed E-state index contributed by atoms with van der Waals surface area (Å²) in [5.41, 5.74) is 3.27. The molecule has 3 heteroatoms. The number of aromatic nitrogens is 2. The molecule has 0 fully saturated rings. The normalized spacial score (nSPS) is 12.5. The number of rotatable bonds is 2. The molecule has 0 aliphatic carbocycles. The molecule has 0 spiro atoms. The fourth-order valence-corrected chi connectivity index (χ4v) is 2.24. The van der Waals surface area contributed by atoms with E-state index in [2.05, 4.69) is 28.3 Å². The van der Waals surface area contributed by atoms with Gasteiger partial charge in [0, 0.05) is 11.8 Å². The van der Waals surface area contributed by atoms with Crippen LogP contribution in [0.4, 0.5) is 0 Å². The van der Waals surface area contributed by atoms with Crippen LogP contribution in [0.15, 0.2) is 37.1 Å². The summed E-state index contributed by atoms with van der Waals surface area (Å²) < 4.78 is 7.93. The second kappa shape index (κ2) is 3.77. The maximum absolute atomic E-state index is 5.82. The lowest BCUT2D eigenvalue weighted by Crippen LogP contribution is -2.13. The first-order chi connectivity index (χ1) is 8.29. The third kappa shape index (κ3) is 1.55. The first-order valence-electron chi connectivity index (χ1n) is 5.70. The van der Waals surface area contributed by atoms with Gasteiger partial charge in [0.15, 0.2) is 5.82 Å². The Kier molecular flexibility index (Phi) is 2.25. The Morgan fingerprint density at radius 1 is 1.53 bits per heavy atom. The lowest BCUT2D eigenvalue weighted by molar-refractivity contribution is 0.277. The quantitative estimate of drug-likeness (QED) is 0.736. The number of nitrogens with zero attached hydrogens (tertiary/aromatic N) is 2. The molecular formula is C14H14N2O. The van der Waals surface area contributed by atoms with E-state index >= 15 is 0 Å². The summed E-state index contributed by atoms with van der Waals surface area (Å²) in [5, 5.41) is 0. The zero-order valence-corrected chi connectivity index (χ0v) is 9.81.